The van der Waals surface area contributed by atoms with Gasteiger partial charge in [0.1, 0.15) is 0 Å². The minimum absolute atomic E-state index is 0.349. The summed E-state index contributed by atoms with van der Waals surface area (Å²) in [6.45, 7) is 6.69. The molecule has 1 saturated heterocycles. The fourth-order valence-electron chi connectivity index (χ4n) is 1.99. The van der Waals surface area contributed by atoms with Crippen molar-refractivity contribution in [1.82, 2.24) is 4.90 Å². The zero-order chi connectivity index (χ0) is 9.14. The number of hydrogen-bond acceptors (Lipinski definition) is 3. The van der Waals surface area contributed by atoms with Crippen LogP contribution < -0.4 is 5.73 Å². The molecule has 0 amide bonds. The Bertz CT molecular complexity index is 140. The highest BCUT2D eigenvalue weighted by atomic mass is 16.3. The van der Waals surface area contributed by atoms with E-state index in [4.69, 9.17) is 5.73 Å². The molecule has 0 aromatic heterocycles. The van der Waals surface area contributed by atoms with Gasteiger partial charge in [0.25, 0.3) is 0 Å². The van der Waals surface area contributed by atoms with Gasteiger partial charge in [0, 0.05) is 25.7 Å². The Morgan fingerprint density at radius 1 is 1.58 bits per heavy atom. The van der Waals surface area contributed by atoms with Crippen LogP contribution in [0.25, 0.3) is 0 Å². The molecule has 3 atom stereocenters. The van der Waals surface area contributed by atoms with Gasteiger partial charge in [-0.3, -0.25) is 4.90 Å². The van der Waals surface area contributed by atoms with Crippen LogP contribution in [0.3, 0.4) is 0 Å². The van der Waals surface area contributed by atoms with Crippen molar-refractivity contribution >= 4 is 0 Å². The summed E-state index contributed by atoms with van der Waals surface area (Å²) < 4.78 is 0. The Hall–Kier alpha value is -0.120. The number of rotatable bonds is 3. The van der Waals surface area contributed by atoms with Gasteiger partial charge >= 0.3 is 0 Å². The maximum absolute atomic E-state index is 9.36. The van der Waals surface area contributed by atoms with Gasteiger partial charge in [0.2, 0.25) is 0 Å². The molecule has 1 aliphatic rings. The molecule has 1 fully saturated rings. The molecular weight excluding hydrogens is 152 g/mol. The summed E-state index contributed by atoms with van der Waals surface area (Å²) in [6.07, 6.45) is 0.898. The zero-order valence-corrected chi connectivity index (χ0v) is 8.03. The molecule has 1 rings (SSSR count). The number of aliphatic hydroxyl groups excluding tert-OH is 1. The standard InChI is InChI=1S/C9H20N2O/c1-7-3-8(2)11(5-7)6-9(12)4-10/h7-9,12H,3-6,10H2,1-2H3. The van der Waals surface area contributed by atoms with Crippen molar-refractivity contribution in [2.45, 2.75) is 32.4 Å². The Morgan fingerprint density at radius 3 is 2.67 bits per heavy atom. The molecule has 3 nitrogen and oxygen atoms in total. The molecule has 3 unspecified atom stereocenters. The van der Waals surface area contributed by atoms with E-state index in [-0.39, 0.29) is 6.10 Å². The highest BCUT2D eigenvalue weighted by molar-refractivity contribution is 4.81. The van der Waals surface area contributed by atoms with E-state index in [2.05, 4.69) is 18.7 Å². The highest BCUT2D eigenvalue weighted by Gasteiger charge is 2.26. The molecule has 3 heteroatoms. The van der Waals surface area contributed by atoms with E-state index in [1.807, 2.05) is 0 Å². The summed E-state index contributed by atoms with van der Waals surface area (Å²) >= 11 is 0. The van der Waals surface area contributed by atoms with E-state index in [9.17, 15) is 5.11 Å². The maximum atomic E-state index is 9.36. The predicted octanol–water partition coefficient (Wildman–Crippen LogP) is 0.0363. The van der Waals surface area contributed by atoms with Gasteiger partial charge < -0.3 is 10.8 Å². The summed E-state index contributed by atoms with van der Waals surface area (Å²) in [7, 11) is 0. The number of nitrogens with zero attached hydrogens (tertiary/aromatic N) is 1. The molecule has 72 valence electrons. The van der Waals surface area contributed by atoms with Crippen molar-refractivity contribution in [2.75, 3.05) is 19.6 Å². The van der Waals surface area contributed by atoms with E-state index >= 15 is 0 Å². The van der Waals surface area contributed by atoms with Crippen LogP contribution in [0.5, 0.6) is 0 Å². The summed E-state index contributed by atoms with van der Waals surface area (Å²) in [6, 6.07) is 0.612. The number of likely N-dealkylation sites (tertiary alicyclic amines) is 1. The van der Waals surface area contributed by atoms with Crippen LogP contribution >= 0.6 is 0 Å². The Kier molecular flexibility index (Phi) is 3.50. The molecule has 12 heavy (non-hydrogen) atoms. The third kappa shape index (κ3) is 2.44. The van der Waals surface area contributed by atoms with E-state index < -0.39 is 0 Å². The quantitative estimate of drug-likeness (QED) is 0.632. The summed E-state index contributed by atoms with van der Waals surface area (Å²) in [5.74, 6) is 0.768. The number of nitrogens with two attached hydrogens (primary N) is 1. The second-order valence-corrected chi connectivity index (χ2v) is 4.03. The lowest BCUT2D eigenvalue weighted by Gasteiger charge is -2.23. The van der Waals surface area contributed by atoms with Crippen LogP contribution in [-0.4, -0.2) is 41.8 Å². The minimum atomic E-state index is -0.349. The fraction of sp³-hybridized carbons (Fsp3) is 1.00. The molecule has 0 aliphatic carbocycles. The smallest absolute Gasteiger partial charge is 0.0789 e. The van der Waals surface area contributed by atoms with Gasteiger partial charge in [0.05, 0.1) is 6.10 Å². The van der Waals surface area contributed by atoms with Crippen molar-refractivity contribution in [3.05, 3.63) is 0 Å². The van der Waals surface area contributed by atoms with Crippen LogP contribution in [0.4, 0.5) is 0 Å². The van der Waals surface area contributed by atoms with Crippen molar-refractivity contribution in [1.29, 1.82) is 0 Å². The number of aliphatic hydroxyl groups is 1. The van der Waals surface area contributed by atoms with Crippen molar-refractivity contribution in [2.24, 2.45) is 11.7 Å². The van der Waals surface area contributed by atoms with Gasteiger partial charge in [0.15, 0.2) is 0 Å². The van der Waals surface area contributed by atoms with Crippen LogP contribution in [0.2, 0.25) is 0 Å². The monoisotopic (exact) mass is 172 g/mol. The van der Waals surface area contributed by atoms with Crippen LogP contribution in [0, 0.1) is 5.92 Å². The molecule has 0 bridgehead atoms. The lowest BCUT2D eigenvalue weighted by atomic mass is 10.1. The van der Waals surface area contributed by atoms with Crippen molar-refractivity contribution < 1.29 is 5.11 Å². The van der Waals surface area contributed by atoms with Crippen LogP contribution in [-0.2, 0) is 0 Å². The molecular formula is C9H20N2O. The van der Waals surface area contributed by atoms with Crippen LogP contribution in [0.15, 0.2) is 0 Å². The van der Waals surface area contributed by atoms with E-state index in [0.717, 1.165) is 19.0 Å². The average molecular weight is 172 g/mol. The van der Waals surface area contributed by atoms with E-state index in [1.165, 1.54) is 6.42 Å². The van der Waals surface area contributed by atoms with E-state index in [1.54, 1.807) is 0 Å². The number of hydrogen-bond donors (Lipinski definition) is 2. The first-order valence-corrected chi connectivity index (χ1v) is 4.75. The lowest BCUT2D eigenvalue weighted by Crippen LogP contribution is -2.38. The second-order valence-electron chi connectivity index (χ2n) is 4.03. The Morgan fingerprint density at radius 2 is 2.25 bits per heavy atom. The molecule has 1 aliphatic heterocycles. The molecule has 0 spiro atoms. The topological polar surface area (TPSA) is 49.5 Å². The van der Waals surface area contributed by atoms with Crippen molar-refractivity contribution in [3.8, 4) is 0 Å². The first kappa shape index (κ1) is 9.96. The van der Waals surface area contributed by atoms with Gasteiger partial charge in [-0.15, -0.1) is 0 Å². The van der Waals surface area contributed by atoms with Gasteiger partial charge in [-0.2, -0.15) is 0 Å². The van der Waals surface area contributed by atoms with E-state index in [0.29, 0.717) is 12.6 Å². The molecule has 0 aromatic carbocycles. The minimum Gasteiger partial charge on any atom is -0.390 e. The molecule has 0 aromatic rings. The second kappa shape index (κ2) is 4.21. The summed E-state index contributed by atoms with van der Waals surface area (Å²) in [5, 5.41) is 9.36. The third-order valence-corrected chi connectivity index (χ3v) is 2.63. The Labute approximate surface area is 74.5 Å². The predicted molar refractivity (Wildman–Crippen MR) is 49.9 cm³/mol. The van der Waals surface area contributed by atoms with Crippen molar-refractivity contribution in [3.63, 3.8) is 0 Å². The highest BCUT2D eigenvalue weighted by Crippen LogP contribution is 2.21. The largest absolute Gasteiger partial charge is 0.390 e. The Balaban J connectivity index is 2.32. The van der Waals surface area contributed by atoms with Crippen LogP contribution in [0.1, 0.15) is 20.3 Å². The summed E-state index contributed by atoms with van der Waals surface area (Å²) in [5.41, 5.74) is 5.35. The maximum Gasteiger partial charge on any atom is 0.0789 e. The van der Waals surface area contributed by atoms with Gasteiger partial charge in [-0.25, -0.2) is 0 Å². The molecule has 3 N–H and O–H groups in total. The first-order chi connectivity index (χ1) is 5.63. The third-order valence-electron chi connectivity index (χ3n) is 2.63. The summed E-state index contributed by atoms with van der Waals surface area (Å²) in [4.78, 5) is 2.32. The van der Waals surface area contributed by atoms with Gasteiger partial charge in [-0.05, 0) is 19.3 Å². The molecule has 0 radical (unpaired) electrons. The normalized spacial score (nSPS) is 34.0. The average Bonchev–Trinajstić information content (AvgIpc) is 2.30. The molecule has 1 heterocycles. The zero-order valence-electron chi connectivity index (χ0n) is 8.03. The van der Waals surface area contributed by atoms with Gasteiger partial charge in [-0.1, -0.05) is 6.92 Å². The fourth-order valence-corrected chi connectivity index (χ4v) is 1.99. The SMILES string of the molecule is CC1CC(C)N(CC(O)CN)C1. The lowest BCUT2D eigenvalue weighted by molar-refractivity contribution is 0.114. The molecule has 0 saturated carbocycles. The number of β-amino-alcohol motifs (C(OH)–C–C–N with tert-alkyl or cyclic N) is 1. The first-order valence-electron chi connectivity index (χ1n) is 4.75.